The largest absolute Gasteiger partial charge is 0.370 e. The third kappa shape index (κ3) is 6.93. The normalized spacial score (nSPS) is 15.9. The second-order valence-corrected chi connectivity index (χ2v) is 7.64. The minimum atomic E-state index is -0.685. The number of amides is 3. The van der Waals surface area contributed by atoms with Crippen molar-refractivity contribution in [1.82, 2.24) is 15.5 Å². The Morgan fingerprint density at radius 1 is 1.00 bits per heavy atom. The van der Waals surface area contributed by atoms with Crippen molar-refractivity contribution in [2.75, 3.05) is 26.2 Å². The summed E-state index contributed by atoms with van der Waals surface area (Å²) in [4.78, 5) is 38.2. The van der Waals surface area contributed by atoms with Crippen LogP contribution in [-0.4, -0.2) is 48.9 Å². The van der Waals surface area contributed by atoms with E-state index in [1.807, 2.05) is 61.5 Å². The maximum absolute atomic E-state index is 12.5. The van der Waals surface area contributed by atoms with Crippen LogP contribution in [0.1, 0.15) is 35.6 Å². The zero-order valence-corrected chi connectivity index (χ0v) is 17.8. The Hall–Kier alpha value is -3.19. The molecule has 1 fully saturated rings. The highest BCUT2D eigenvalue weighted by atomic mass is 16.5. The SMILES string of the molecule is Cc1ccc(CNC(=O)C(=O)NCCCC(=O)N2CCOC(c3ccccc3)C2)cc1. The molecule has 3 amide bonds. The number of hydrogen-bond donors (Lipinski definition) is 2. The molecule has 0 saturated carbocycles. The van der Waals surface area contributed by atoms with E-state index < -0.39 is 11.8 Å². The number of nitrogens with one attached hydrogen (secondary N) is 2. The first-order valence-electron chi connectivity index (χ1n) is 10.6. The molecule has 0 spiro atoms. The van der Waals surface area contributed by atoms with Gasteiger partial charge in [0.25, 0.3) is 0 Å². The number of rotatable bonds is 7. The highest BCUT2D eigenvalue weighted by Crippen LogP contribution is 2.22. The average Bonchev–Trinajstić information content (AvgIpc) is 2.81. The van der Waals surface area contributed by atoms with Crippen molar-refractivity contribution >= 4 is 17.7 Å². The van der Waals surface area contributed by atoms with E-state index in [2.05, 4.69) is 10.6 Å². The Morgan fingerprint density at radius 3 is 2.45 bits per heavy atom. The molecule has 2 aromatic rings. The minimum Gasteiger partial charge on any atom is -0.370 e. The standard InChI is InChI=1S/C24H29N3O4/c1-18-9-11-19(12-10-18)16-26-24(30)23(29)25-13-5-8-22(28)27-14-15-31-21(17-27)20-6-3-2-4-7-20/h2-4,6-7,9-12,21H,5,8,13-17H2,1H3,(H,25,29)(H,26,30). The van der Waals surface area contributed by atoms with E-state index in [1.54, 1.807) is 4.90 Å². The van der Waals surface area contributed by atoms with Gasteiger partial charge in [0.15, 0.2) is 0 Å². The van der Waals surface area contributed by atoms with Gasteiger partial charge in [0.2, 0.25) is 5.91 Å². The Bertz CT molecular complexity index is 883. The van der Waals surface area contributed by atoms with Gasteiger partial charge >= 0.3 is 11.8 Å². The van der Waals surface area contributed by atoms with Crippen molar-refractivity contribution in [1.29, 1.82) is 0 Å². The molecule has 7 nitrogen and oxygen atoms in total. The zero-order valence-electron chi connectivity index (χ0n) is 17.8. The lowest BCUT2D eigenvalue weighted by atomic mass is 10.1. The van der Waals surface area contributed by atoms with Crippen LogP contribution in [0, 0.1) is 6.92 Å². The van der Waals surface area contributed by atoms with Crippen LogP contribution in [0.2, 0.25) is 0 Å². The van der Waals surface area contributed by atoms with Crippen LogP contribution in [0.4, 0.5) is 0 Å². The number of ether oxygens (including phenoxy) is 1. The van der Waals surface area contributed by atoms with Gasteiger partial charge in [-0.05, 0) is 24.5 Å². The van der Waals surface area contributed by atoms with Crippen LogP contribution in [-0.2, 0) is 25.7 Å². The fraction of sp³-hybridized carbons (Fsp3) is 0.375. The fourth-order valence-electron chi connectivity index (χ4n) is 3.39. The molecule has 1 saturated heterocycles. The Morgan fingerprint density at radius 2 is 1.71 bits per heavy atom. The Balaban J connectivity index is 1.34. The first kappa shape index (κ1) is 22.5. The summed E-state index contributed by atoms with van der Waals surface area (Å²) in [6, 6.07) is 17.6. The lowest BCUT2D eigenvalue weighted by molar-refractivity contribution is -0.140. The summed E-state index contributed by atoms with van der Waals surface area (Å²) in [7, 11) is 0. The summed E-state index contributed by atoms with van der Waals surface area (Å²) < 4.78 is 5.79. The molecule has 1 aliphatic rings. The van der Waals surface area contributed by atoms with Crippen molar-refractivity contribution in [3.63, 3.8) is 0 Å². The highest BCUT2D eigenvalue weighted by Gasteiger charge is 2.25. The van der Waals surface area contributed by atoms with Gasteiger partial charge < -0.3 is 20.3 Å². The summed E-state index contributed by atoms with van der Waals surface area (Å²) in [6.45, 7) is 4.15. The molecule has 2 N–H and O–H groups in total. The predicted octanol–water partition coefficient (Wildman–Crippen LogP) is 2.11. The van der Waals surface area contributed by atoms with Crippen LogP contribution < -0.4 is 10.6 Å². The second-order valence-electron chi connectivity index (χ2n) is 7.64. The molecule has 1 aliphatic heterocycles. The van der Waals surface area contributed by atoms with Crippen LogP contribution >= 0.6 is 0 Å². The monoisotopic (exact) mass is 423 g/mol. The van der Waals surface area contributed by atoms with Crippen molar-refractivity contribution in [2.45, 2.75) is 32.4 Å². The van der Waals surface area contributed by atoms with Gasteiger partial charge in [0, 0.05) is 26.1 Å². The third-order valence-electron chi connectivity index (χ3n) is 5.22. The molecule has 0 radical (unpaired) electrons. The molecule has 0 aliphatic carbocycles. The summed E-state index contributed by atoms with van der Waals surface area (Å²) in [5, 5.41) is 5.17. The molecule has 1 atom stereocenters. The molecule has 2 aromatic carbocycles. The van der Waals surface area contributed by atoms with Gasteiger partial charge in [-0.15, -0.1) is 0 Å². The predicted molar refractivity (Wildman–Crippen MR) is 117 cm³/mol. The molecule has 1 unspecified atom stereocenters. The minimum absolute atomic E-state index is 0.0299. The quantitative estimate of drug-likeness (QED) is 0.527. The maximum atomic E-state index is 12.5. The highest BCUT2D eigenvalue weighted by molar-refractivity contribution is 6.35. The first-order valence-corrected chi connectivity index (χ1v) is 10.6. The molecule has 0 bridgehead atoms. The van der Waals surface area contributed by atoms with Crippen LogP contribution in [0.3, 0.4) is 0 Å². The molecular weight excluding hydrogens is 394 g/mol. The Kier molecular flexibility index (Phi) is 8.18. The Labute approximate surface area is 182 Å². The first-order chi connectivity index (χ1) is 15.0. The lowest BCUT2D eigenvalue weighted by Crippen LogP contribution is -2.43. The third-order valence-corrected chi connectivity index (χ3v) is 5.22. The average molecular weight is 424 g/mol. The van der Waals surface area contributed by atoms with Gasteiger partial charge in [0.05, 0.1) is 13.2 Å². The van der Waals surface area contributed by atoms with Crippen LogP contribution in [0.15, 0.2) is 54.6 Å². The van der Waals surface area contributed by atoms with Crippen molar-refractivity contribution in [2.24, 2.45) is 0 Å². The summed E-state index contributed by atoms with van der Waals surface area (Å²) in [5.41, 5.74) is 3.12. The maximum Gasteiger partial charge on any atom is 0.309 e. The summed E-state index contributed by atoms with van der Waals surface area (Å²) in [6.07, 6.45) is 0.673. The second kappa shape index (κ2) is 11.3. The van der Waals surface area contributed by atoms with E-state index >= 15 is 0 Å². The van der Waals surface area contributed by atoms with E-state index in [0.29, 0.717) is 39.1 Å². The van der Waals surface area contributed by atoms with Crippen LogP contribution in [0.25, 0.3) is 0 Å². The van der Waals surface area contributed by atoms with E-state index in [4.69, 9.17) is 4.74 Å². The molecule has 164 valence electrons. The van der Waals surface area contributed by atoms with Gasteiger partial charge in [-0.1, -0.05) is 60.2 Å². The summed E-state index contributed by atoms with van der Waals surface area (Å²) in [5.74, 6) is -1.33. The molecule has 0 aromatic heterocycles. The number of carbonyl (C=O) groups is 3. The van der Waals surface area contributed by atoms with Crippen molar-refractivity contribution in [3.05, 3.63) is 71.3 Å². The fourth-order valence-corrected chi connectivity index (χ4v) is 3.39. The van der Waals surface area contributed by atoms with E-state index in [-0.39, 0.29) is 18.6 Å². The number of morpholine rings is 1. The molecule has 3 rings (SSSR count). The number of nitrogens with zero attached hydrogens (tertiary/aromatic N) is 1. The molecular formula is C24H29N3O4. The number of aryl methyl sites for hydroxylation is 1. The van der Waals surface area contributed by atoms with E-state index in [1.165, 1.54) is 0 Å². The molecule has 1 heterocycles. The molecule has 7 heteroatoms. The smallest absolute Gasteiger partial charge is 0.309 e. The molecule has 31 heavy (non-hydrogen) atoms. The van der Waals surface area contributed by atoms with Crippen molar-refractivity contribution < 1.29 is 19.1 Å². The van der Waals surface area contributed by atoms with E-state index in [9.17, 15) is 14.4 Å². The number of benzene rings is 2. The topological polar surface area (TPSA) is 87.7 Å². The van der Waals surface area contributed by atoms with Gasteiger partial charge in [-0.25, -0.2) is 0 Å². The lowest BCUT2D eigenvalue weighted by Gasteiger charge is -2.33. The van der Waals surface area contributed by atoms with Crippen molar-refractivity contribution in [3.8, 4) is 0 Å². The number of carbonyl (C=O) groups excluding carboxylic acids is 3. The van der Waals surface area contributed by atoms with E-state index in [0.717, 1.165) is 16.7 Å². The van der Waals surface area contributed by atoms with Gasteiger partial charge in [-0.3, -0.25) is 14.4 Å². The zero-order chi connectivity index (χ0) is 22.1. The van der Waals surface area contributed by atoms with Crippen LogP contribution in [0.5, 0.6) is 0 Å². The number of hydrogen-bond acceptors (Lipinski definition) is 4. The van der Waals surface area contributed by atoms with Gasteiger partial charge in [0.1, 0.15) is 6.10 Å². The van der Waals surface area contributed by atoms with Gasteiger partial charge in [-0.2, -0.15) is 0 Å². The summed E-state index contributed by atoms with van der Waals surface area (Å²) >= 11 is 0.